The van der Waals surface area contributed by atoms with Crippen LogP contribution in [0, 0.1) is 0 Å². The Labute approximate surface area is 148 Å². The molecule has 6 nitrogen and oxygen atoms in total. The van der Waals surface area contributed by atoms with Crippen LogP contribution in [-0.4, -0.2) is 62.7 Å². The Morgan fingerprint density at radius 3 is 2.27 bits per heavy atom. The summed E-state index contributed by atoms with van der Waals surface area (Å²) in [6.07, 6.45) is -11.2. The SMILES string of the molecule is C=CCC(OCc1cccc(C(F)(F)F)c1)C(O)C(O)C(O)C(O)CO. The van der Waals surface area contributed by atoms with Gasteiger partial charge in [-0.2, -0.15) is 13.2 Å². The third-order valence-electron chi connectivity index (χ3n) is 3.78. The van der Waals surface area contributed by atoms with Gasteiger partial charge < -0.3 is 30.3 Å². The maximum Gasteiger partial charge on any atom is 0.416 e. The Kier molecular flexibility index (Phi) is 8.68. The molecular weight excluding hydrogens is 357 g/mol. The lowest BCUT2D eigenvalue weighted by Gasteiger charge is -2.30. The van der Waals surface area contributed by atoms with Gasteiger partial charge in [0.1, 0.15) is 24.4 Å². The van der Waals surface area contributed by atoms with Gasteiger partial charge in [-0.05, 0) is 24.1 Å². The molecule has 0 heterocycles. The van der Waals surface area contributed by atoms with Gasteiger partial charge in [0.05, 0.1) is 24.9 Å². The van der Waals surface area contributed by atoms with Crippen LogP contribution in [0.3, 0.4) is 0 Å². The van der Waals surface area contributed by atoms with Gasteiger partial charge >= 0.3 is 6.18 Å². The Balaban J connectivity index is 2.81. The summed E-state index contributed by atoms with van der Waals surface area (Å²) < 4.78 is 43.5. The molecule has 1 aromatic carbocycles. The third-order valence-corrected chi connectivity index (χ3v) is 3.78. The van der Waals surface area contributed by atoms with Crippen molar-refractivity contribution in [2.75, 3.05) is 6.61 Å². The first-order chi connectivity index (χ1) is 12.1. The number of alkyl halides is 3. The monoisotopic (exact) mass is 380 g/mol. The molecule has 0 radical (unpaired) electrons. The van der Waals surface area contributed by atoms with Crippen LogP contribution in [0.2, 0.25) is 0 Å². The largest absolute Gasteiger partial charge is 0.416 e. The molecule has 0 amide bonds. The predicted molar refractivity (Wildman–Crippen MR) is 85.9 cm³/mol. The summed E-state index contributed by atoms with van der Waals surface area (Å²) in [5.41, 5.74) is -0.646. The van der Waals surface area contributed by atoms with Gasteiger partial charge in [0.2, 0.25) is 0 Å². The van der Waals surface area contributed by atoms with Gasteiger partial charge in [0, 0.05) is 0 Å². The summed E-state index contributed by atoms with van der Waals surface area (Å²) in [7, 11) is 0. The van der Waals surface area contributed by atoms with Gasteiger partial charge in [0.15, 0.2) is 0 Å². The van der Waals surface area contributed by atoms with Gasteiger partial charge in [-0.15, -0.1) is 6.58 Å². The van der Waals surface area contributed by atoms with Crippen LogP contribution in [-0.2, 0) is 17.5 Å². The van der Waals surface area contributed by atoms with E-state index in [0.29, 0.717) is 0 Å². The molecule has 5 unspecified atom stereocenters. The fraction of sp³-hybridized carbons (Fsp3) is 0.529. The molecule has 0 aromatic heterocycles. The van der Waals surface area contributed by atoms with Gasteiger partial charge in [-0.25, -0.2) is 0 Å². The normalized spacial score (nSPS) is 18.0. The fourth-order valence-electron chi connectivity index (χ4n) is 2.27. The second-order valence-corrected chi connectivity index (χ2v) is 5.79. The van der Waals surface area contributed by atoms with Crippen molar-refractivity contribution >= 4 is 0 Å². The predicted octanol–water partition coefficient (Wildman–Crippen LogP) is 0.603. The minimum absolute atomic E-state index is 0.0269. The molecule has 9 heteroatoms. The molecule has 26 heavy (non-hydrogen) atoms. The minimum Gasteiger partial charge on any atom is -0.394 e. The topological polar surface area (TPSA) is 110 Å². The summed E-state index contributed by atoms with van der Waals surface area (Å²) in [5.74, 6) is 0. The van der Waals surface area contributed by atoms with E-state index >= 15 is 0 Å². The summed E-state index contributed by atoms with van der Waals surface area (Å²) >= 11 is 0. The lowest BCUT2D eigenvalue weighted by molar-refractivity contribution is -0.152. The number of aliphatic hydroxyl groups excluding tert-OH is 5. The van der Waals surface area contributed by atoms with Crippen molar-refractivity contribution in [2.24, 2.45) is 0 Å². The maximum atomic E-state index is 12.7. The van der Waals surface area contributed by atoms with E-state index in [-0.39, 0.29) is 18.6 Å². The first-order valence-electron chi connectivity index (χ1n) is 7.83. The summed E-state index contributed by atoms with van der Waals surface area (Å²) in [4.78, 5) is 0. The van der Waals surface area contributed by atoms with Crippen molar-refractivity contribution in [1.29, 1.82) is 0 Å². The van der Waals surface area contributed by atoms with E-state index in [1.807, 2.05) is 0 Å². The zero-order chi connectivity index (χ0) is 19.9. The average Bonchev–Trinajstić information content (AvgIpc) is 2.62. The summed E-state index contributed by atoms with van der Waals surface area (Å²) in [6.45, 7) is 2.35. The molecule has 1 rings (SSSR count). The Bertz CT molecular complexity index is 566. The molecule has 0 bridgehead atoms. The molecule has 5 N–H and O–H groups in total. The Morgan fingerprint density at radius 1 is 1.08 bits per heavy atom. The number of rotatable bonds is 10. The molecule has 0 fully saturated rings. The van der Waals surface area contributed by atoms with Gasteiger partial charge in [-0.1, -0.05) is 18.2 Å². The van der Waals surface area contributed by atoms with E-state index in [9.17, 15) is 33.6 Å². The van der Waals surface area contributed by atoms with Crippen LogP contribution in [0.25, 0.3) is 0 Å². The second kappa shape index (κ2) is 10.0. The van der Waals surface area contributed by atoms with Crippen molar-refractivity contribution in [3.05, 3.63) is 48.0 Å². The highest BCUT2D eigenvalue weighted by atomic mass is 19.4. The lowest BCUT2D eigenvalue weighted by Crippen LogP contribution is -2.50. The standard InChI is InChI=1S/C17H23F3O6/c1-2-4-13(15(24)16(25)14(23)12(22)8-21)26-9-10-5-3-6-11(7-10)17(18,19)20/h2-3,5-7,12-16,21-25H,1,4,8-9H2. The Hall–Kier alpha value is -1.49. The molecule has 0 aliphatic rings. The molecule has 5 atom stereocenters. The highest BCUT2D eigenvalue weighted by Gasteiger charge is 2.35. The first-order valence-corrected chi connectivity index (χ1v) is 7.83. The van der Waals surface area contributed by atoms with Gasteiger partial charge in [0.25, 0.3) is 0 Å². The van der Waals surface area contributed by atoms with E-state index in [4.69, 9.17) is 9.84 Å². The molecule has 0 aliphatic heterocycles. The average molecular weight is 380 g/mol. The van der Waals surface area contributed by atoms with Crippen molar-refractivity contribution in [3.8, 4) is 0 Å². The number of halogens is 3. The smallest absolute Gasteiger partial charge is 0.394 e. The van der Waals surface area contributed by atoms with E-state index in [0.717, 1.165) is 12.1 Å². The van der Waals surface area contributed by atoms with Crippen molar-refractivity contribution in [3.63, 3.8) is 0 Å². The van der Waals surface area contributed by atoms with Crippen LogP contribution >= 0.6 is 0 Å². The zero-order valence-electron chi connectivity index (χ0n) is 13.9. The number of ether oxygens (including phenoxy) is 1. The lowest BCUT2D eigenvalue weighted by atomic mass is 9.97. The molecule has 1 aromatic rings. The van der Waals surface area contributed by atoms with E-state index < -0.39 is 48.9 Å². The molecule has 148 valence electrons. The number of benzene rings is 1. The fourth-order valence-corrected chi connectivity index (χ4v) is 2.27. The van der Waals surface area contributed by atoms with Crippen LogP contribution < -0.4 is 0 Å². The van der Waals surface area contributed by atoms with E-state index in [2.05, 4.69) is 6.58 Å². The van der Waals surface area contributed by atoms with Crippen molar-refractivity contribution in [1.82, 2.24) is 0 Å². The second-order valence-electron chi connectivity index (χ2n) is 5.79. The number of aliphatic hydroxyl groups is 5. The quantitative estimate of drug-likeness (QED) is 0.380. The zero-order valence-corrected chi connectivity index (χ0v) is 13.9. The molecule has 0 aliphatic carbocycles. The van der Waals surface area contributed by atoms with Crippen LogP contribution in [0.15, 0.2) is 36.9 Å². The molecule has 0 saturated heterocycles. The number of hydrogen-bond acceptors (Lipinski definition) is 6. The van der Waals surface area contributed by atoms with E-state index in [1.165, 1.54) is 18.2 Å². The highest BCUT2D eigenvalue weighted by Crippen LogP contribution is 2.29. The maximum absolute atomic E-state index is 12.7. The highest BCUT2D eigenvalue weighted by molar-refractivity contribution is 5.25. The number of hydrogen-bond donors (Lipinski definition) is 5. The third kappa shape index (κ3) is 6.35. The van der Waals surface area contributed by atoms with Crippen molar-refractivity contribution < 1.29 is 43.4 Å². The molecular formula is C17H23F3O6. The van der Waals surface area contributed by atoms with E-state index in [1.54, 1.807) is 0 Å². The molecule has 0 saturated carbocycles. The van der Waals surface area contributed by atoms with Crippen LogP contribution in [0.1, 0.15) is 17.5 Å². The van der Waals surface area contributed by atoms with Gasteiger partial charge in [-0.3, -0.25) is 0 Å². The molecule has 0 spiro atoms. The van der Waals surface area contributed by atoms with Crippen LogP contribution in [0.5, 0.6) is 0 Å². The van der Waals surface area contributed by atoms with Crippen LogP contribution in [0.4, 0.5) is 13.2 Å². The van der Waals surface area contributed by atoms with Crippen molar-refractivity contribution in [2.45, 2.75) is 49.7 Å². The summed E-state index contributed by atoms with van der Waals surface area (Å²) in [5, 5.41) is 47.8. The Morgan fingerprint density at radius 2 is 1.73 bits per heavy atom. The summed E-state index contributed by atoms with van der Waals surface area (Å²) in [6, 6.07) is 4.44. The first kappa shape index (κ1) is 22.6. The minimum atomic E-state index is -4.50.